The molecule has 0 spiro atoms. The van der Waals surface area contributed by atoms with Gasteiger partial charge >= 0.3 is 0 Å². The minimum atomic E-state index is 0.0318. The molecular weight excluding hydrogens is 362 g/mol. The predicted octanol–water partition coefficient (Wildman–Crippen LogP) is 2.96. The van der Waals surface area contributed by atoms with Crippen LogP contribution in [0.5, 0.6) is 0 Å². The molecule has 1 aromatic carbocycles. The summed E-state index contributed by atoms with van der Waals surface area (Å²) in [7, 11) is 0. The molecular formula is C23H29N5O. The SMILES string of the molecule is O=C(c1cc(NCC2CC2)ncn1)N1CCC(N2CCc3ccccc3C2)CC1. The van der Waals surface area contributed by atoms with E-state index < -0.39 is 0 Å². The number of hydrogen-bond acceptors (Lipinski definition) is 5. The van der Waals surface area contributed by atoms with Gasteiger partial charge in [0, 0.05) is 44.8 Å². The molecule has 1 amide bonds. The first kappa shape index (κ1) is 18.6. The van der Waals surface area contributed by atoms with Gasteiger partial charge in [-0.25, -0.2) is 9.97 Å². The molecule has 1 aromatic heterocycles. The van der Waals surface area contributed by atoms with Gasteiger partial charge in [0.25, 0.3) is 5.91 Å². The van der Waals surface area contributed by atoms with Gasteiger partial charge in [0.1, 0.15) is 17.8 Å². The zero-order chi connectivity index (χ0) is 19.6. The standard InChI is InChI=1S/C23H29N5O/c29-23(21-13-22(26-16-25-21)24-14-17-5-6-17)27-11-8-20(9-12-27)28-10-7-18-3-1-2-4-19(18)15-28/h1-4,13,16-17,20H,5-12,14-15H2,(H,24,25,26). The van der Waals surface area contributed by atoms with Crippen molar-refractivity contribution in [1.29, 1.82) is 0 Å². The first-order chi connectivity index (χ1) is 14.3. The minimum Gasteiger partial charge on any atom is -0.370 e. The van der Waals surface area contributed by atoms with Crippen LogP contribution in [0.4, 0.5) is 5.82 Å². The number of rotatable bonds is 5. The highest BCUT2D eigenvalue weighted by Gasteiger charge is 2.30. The van der Waals surface area contributed by atoms with Gasteiger partial charge in [-0.1, -0.05) is 24.3 Å². The molecule has 0 unspecified atom stereocenters. The molecule has 152 valence electrons. The summed E-state index contributed by atoms with van der Waals surface area (Å²) < 4.78 is 0. The van der Waals surface area contributed by atoms with Crippen molar-refractivity contribution < 1.29 is 4.79 Å². The first-order valence-corrected chi connectivity index (χ1v) is 10.9. The number of nitrogens with zero attached hydrogens (tertiary/aromatic N) is 4. The van der Waals surface area contributed by atoms with E-state index in [-0.39, 0.29) is 5.91 Å². The van der Waals surface area contributed by atoms with Crippen molar-refractivity contribution in [1.82, 2.24) is 19.8 Å². The Kier molecular flexibility index (Phi) is 5.19. The van der Waals surface area contributed by atoms with E-state index in [0.29, 0.717) is 11.7 Å². The van der Waals surface area contributed by atoms with E-state index in [2.05, 4.69) is 44.5 Å². The number of likely N-dealkylation sites (tertiary alicyclic amines) is 1. The van der Waals surface area contributed by atoms with Crippen LogP contribution in [0, 0.1) is 5.92 Å². The highest BCUT2D eigenvalue weighted by Crippen LogP contribution is 2.29. The predicted molar refractivity (Wildman–Crippen MR) is 113 cm³/mol. The molecule has 6 nitrogen and oxygen atoms in total. The lowest BCUT2D eigenvalue weighted by atomic mass is 9.95. The van der Waals surface area contributed by atoms with Crippen molar-refractivity contribution >= 4 is 11.7 Å². The fourth-order valence-electron chi connectivity index (χ4n) is 4.57. The number of anilines is 1. The quantitative estimate of drug-likeness (QED) is 0.849. The zero-order valence-electron chi connectivity index (χ0n) is 16.9. The second-order valence-corrected chi connectivity index (χ2v) is 8.63. The molecule has 1 saturated carbocycles. The molecule has 0 atom stereocenters. The van der Waals surface area contributed by atoms with Crippen LogP contribution >= 0.6 is 0 Å². The second kappa shape index (κ2) is 8.11. The molecule has 0 radical (unpaired) electrons. The van der Waals surface area contributed by atoms with Crippen molar-refractivity contribution in [2.45, 2.75) is 44.7 Å². The number of piperidine rings is 1. The highest BCUT2D eigenvalue weighted by molar-refractivity contribution is 5.93. The van der Waals surface area contributed by atoms with Gasteiger partial charge in [0.15, 0.2) is 0 Å². The number of fused-ring (bicyclic) bond motifs is 1. The fraction of sp³-hybridized carbons (Fsp3) is 0.522. The number of nitrogens with one attached hydrogen (secondary N) is 1. The summed E-state index contributed by atoms with van der Waals surface area (Å²) in [6, 6.07) is 11.2. The van der Waals surface area contributed by atoms with Crippen LogP contribution in [0.2, 0.25) is 0 Å². The van der Waals surface area contributed by atoms with Crippen LogP contribution in [0.15, 0.2) is 36.7 Å². The molecule has 3 aliphatic rings. The maximum Gasteiger partial charge on any atom is 0.272 e. The number of benzene rings is 1. The van der Waals surface area contributed by atoms with E-state index in [0.717, 1.165) is 63.7 Å². The Hall–Kier alpha value is -2.47. The molecule has 2 fully saturated rings. The normalized spacial score (nSPS) is 20.3. The molecule has 6 heteroatoms. The van der Waals surface area contributed by atoms with Gasteiger partial charge < -0.3 is 10.2 Å². The second-order valence-electron chi connectivity index (χ2n) is 8.63. The molecule has 1 aliphatic carbocycles. The zero-order valence-corrected chi connectivity index (χ0v) is 16.9. The van der Waals surface area contributed by atoms with E-state index in [4.69, 9.17) is 0 Å². The maximum atomic E-state index is 12.9. The van der Waals surface area contributed by atoms with Crippen molar-refractivity contribution in [3.63, 3.8) is 0 Å². The van der Waals surface area contributed by atoms with Crippen LogP contribution in [0.3, 0.4) is 0 Å². The lowest BCUT2D eigenvalue weighted by Gasteiger charge is -2.40. The molecule has 5 rings (SSSR count). The monoisotopic (exact) mass is 391 g/mol. The summed E-state index contributed by atoms with van der Waals surface area (Å²) in [6.07, 6.45) is 7.29. The summed E-state index contributed by atoms with van der Waals surface area (Å²) in [4.78, 5) is 26.0. The molecule has 2 aromatic rings. The Morgan fingerprint density at radius 2 is 1.83 bits per heavy atom. The fourth-order valence-corrected chi connectivity index (χ4v) is 4.57. The highest BCUT2D eigenvalue weighted by atomic mass is 16.2. The van der Waals surface area contributed by atoms with Crippen molar-refractivity contribution in [3.8, 4) is 0 Å². The molecule has 29 heavy (non-hydrogen) atoms. The summed E-state index contributed by atoms with van der Waals surface area (Å²) in [5, 5.41) is 3.33. The van der Waals surface area contributed by atoms with E-state index in [9.17, 15) is 4.79 Å². The van der Waals surface area contributed by atoms with Crippen LogP contribution in [-0.4, -0.2) is 57.9 Å². The Balaban J connectivity index is 1.16. The van der Waals surface area contributed by atoms with Crippen molar-refractivity contribution in [2.24, 2.45) is 5.92 Å². The lowest BCUT2D eigenvalue weighted by Crippen LogP contribution is -2.48. The van der Waals surface area contributed by atoms with Gasteiger partial charge in [-0.05, 0) is 49.1 Å². The number of amides is 1. The van der Waals surface area contributed by atoms with Gasteiger partial charge in [0.05, 0.1) is 0 Å². The van der Waals surface area contributed by atoms with E-state index in [1.165, 1.54) is 30.3 Å². The van der Waals surface area contributed by atoms with E-state index in [1.54, 1.807) is 6.07 Å². The number of carbonyl (C=O) groups excluding carboxylic acids is 1. The summed E-state index contributed by atoms with van der Waals surface area (Å²) in [6.45, 7) is 4.70. The minimum absolute atomic E-state index is 0.0318. The van der Waals surface area contributed by atoms with Crippen molar-refractivity contribution in [3.05, 3.63) is 53.5 Å². The molecule has 2 aliphatic heterocycles. The molecule has 3 heterocycles. The topological polar surface area (TPSA) is 61.4 Å². The van der Waals surface area contributed by atoms with Gasteiger partial charge in [0.2, 0.25) is 0 Å². The van der Waals surface area contributed by atoms with Crippen molar-refractivity contribution in [2.75, 3.05) is 31.5 Å². The van der Waals surface area contributed by atoms with Gasteiger partial charge in [-0.15, -0.1) is 0 Å². The molecule has 1 N–H and O–H groups in total. The average Bonchev–Trinajstić information content (AvgIpc) is 3.62. The largest absolute Gasteiger partial charge is 0.370 e. The summed E-state index contributed by atoms with van der Waals surface area (Å²) in [5.74, 6) is 1.56. The van der Waals surface area contributed by atoms with Crippen LogP contribution in [0.25, 0.3) is 0 Å². The van der Waals surface area contributed by atoms with Crippen LogP contribution in [0.1, 0.15) is 47.3 Å². The van der Waals surface area contributed by atoms with E-state index in [1.807, 2.05) is 4.90 Å². The lowest BCUT2D eigenvalue weighted by molar-refractivity contribution is 0.0594. The molecule has 0 bridgehead atoms. The Morgan fingerprint density at radius 1 is 1.03 bits per heavy atom. The van der Waals surface area contributed by atoms with Gasteiger partial charge in [-0.3, -0.25) is 9.69 Å². The first-order valence-electron chi connectivity index (χ1n) is 10.9. The third-order valence-electron chi connectivity index (χ3n) is 6.58. The smallest absolute Gasteiger partial charge is 0.272 e. The third kappa shape index (κ3) is 4.27. The van der Waals surface area contributed by atoms with Crippen LogP contribution in [-0.2, 0) is 13.0 Å². The maximum absolute atomic E-state index is 12.9. The number of hydrogen-bond donors (Lipinski definition) is 1. The van der Waals surface area contributed by atoms with E-state index >= 15 is 0 Å². The van der Waals surface area contributed by atoms with Gasteiger partial charge in [-0.2, -0.15) is 0 Å². The third-order valence-corrected chi connectivity index (χ3v) is 6.58. The Bertz CT molecular complexity index is 873. The number of carbonyl (C=O) groups is 1. The summed E-state index contributed by atoms with van der Waals surface area (Å²) in [5.41, 5.74) is 3.46. The summed E-state index contributed by atoms with van der Waals surface area (Å²) >= 11 is 0. The number of aromatic nitrogens is 2. The Morgan fingerprint density at radius 3 is 2.62 bits per heavy atom. The Labute approximate surface area is 172 Å². The molecule has 1 saturated heterocycles. The average molecular weight is 392 g/mol. The van der Waals surface area contributed by atoms with Crippen LogP contribution < -0.4 is 5.32 Å².